The summed E-state index contributed by atoms with van der Waals surface area (Å²) in [5.41, 5.74) is -0.510. The summed E-state index contributed by atoms with van der Waals surface area (Å²) >= 11 is 0. The van der Waals surface area contributed by atoms with Crippen molar-refractivity contribution in [2.75, 3.05) is 13.2 Å². The molecule has 4 nitrogen and oxygen atoms in total. The minimum atomic E-state index is -0.510. The monoisotopic (exact) mass is 255 g/mol. The summed E-state index contributed by atoms with van der Waals surface area (Å²) in [6.07, 6.45) is 3.96. The molecule has 1 aliphatic heterocycles. The van der Waals surface area contributed by atoms with Gasteiger partial charge in [0.2, 0.25) is 0 Å². The summed E-state index contributed by atoms with van der Waals surface area (Å²) in [5, 5.41) is 3.52. The lowest BCUT2D eigenvalue weighted by Gasteiger charge is -2.41. The van der Waals surface area contributed by atoms with E-state index in [9.17, 15) is 4.79 Å². The van der Waals surface area contributed by atoms with Crippen LogP contribution in [0.25, 0.3) is 0 Å². The highest BCUT2D eigenvalue weighted by Gasteiger charge is 2.47. The van der Waals surface area contributed by atoms with Gasteiger partial charge in [-0.1, -0.05) is 13.8 Å². The van der Waals surface area contributed by atoms with Gasteiger partial charge in [0.25, 0.3) is 0 Å². The highest BCUT2D eigenvalue weighted by atomic mass is 16.5. The van der Waals surface area contributed by atoms with E-state index in [1.165, 1.54) is 12.8 Å². The van der Waals surface area contributed by atoms with E-state index in [1.807, 2.05) is 6.92 Å². The third-order valence-electron chi connectivity index (χ3n) is 3.88. The molecule has 18 heavy (non-hydrogen) atoms. The van der Waals surface area contributed by atoms with Crippen LogP contribution in [0.4, 0.5) is 0 Å². The van der Waals surface area contributed by atoms with Crippen LogP contribution < -0.4 is 5.32 Å². The van der Waals surface area contributed by atoms with Gasteiger partial charge >= 0.3 is 5.97 Å². The quantitative estimate of drug-likeness (QED) is 0.762. The second kappa shape index (κ2) is 5.57. The molecule has 0 aromatic heterocycles. The minimum absolute atomic E-state index is 0.0918. The Balaban J connectivity index is 2.09. The van der Waals surface area contributed by atoms with Gasteiger partial charge in [-0.25, -0.2) is 0 Å². The van der Waals surface area contributed by atoms with Crippen LogP contribution in [0.5, 0.6) is 0 Å². The first-order valence-electron chi connectivity index (χ1n) is 7.14. The van der Waals surface area contributed by atoms with Crippen molar-refractivity contribution in [3.05, 3.63) is 0 Å². The summed E-state index contributed by atoms with van der Waals surface area (Å²) in [7, 11) is 0. The Hall–Kier alpha value is -0.610. The molecule has 2 atom stereocenters. The van der Waals surface area contributed by atoms with Crippen LogP contribution in [0.15, 0.2) is 0 Å². The average molecular weight is 255 g/mol. The van der Waals surface area contributed by atoms with Gasteiger partial charge < -0.3 is 9.47 Å². The fourth-order valence-electron chi connectivity index (χ4n) is 2.58. The predicted octanol–water partition coefficient (Wildman–Crippen LogP) is 1.88. The number of nitrogens with one attached hydrogen (secondary N) is 1. The summed E-state index contributed by atoms with van der Waals surface area (Å²) in [6, 6.07) is 0.500. The Morgan fingerprint density at radius 1 is 1.50 bits per heavy atom. The number of carbonyl (C=O) groups excluding carboxylic acids is 1. The van der Waals surface area contributed by atoms with Crippen LogP contribution >= 0.6 is 0 Å². The van der Waals surface area contributed by atoms with E-state index in [4.69, 9.17) is 9.47 Å². The van der Waals surface area contributed by atoms with Crippen LogP contribution in [0, 0.1) is 5.92 Å². The van der Waals surface area contributed by atoms with Gasteiger partial charge in [0, 0.05) is 19.1 Å². The number of hydrogen-bond donors (Lipinski definition) is 1. The Morgan fingerprint density at radius 2 is 2.22 bits per heavy atom. The topological polar surface area (TPSA) is 47.6 Å². The highest BCUT2D eigenvalue weighted by Crippen LogP contribution is 2.33. The molecule has 2 rings (SSSR count). The SMILES string of the molecule is CCOC(=O)C1(NC2CC2)CCOC(C(C)C)C1. The van der Waals surface area contributed by atoms with Crippen LogP contribution in [-0.4, -0.2) is 36.9 Å². The largest absolute Gasteiger partial charge is 0.465 e. The van der Waals surface area contributed by atoms with E-state index in [0.717, 1.165) is 12.8 Å². The molecule has 2 unspecified atom stereocenters. The molecule has 0 radical (unpaired) electrons. The van der Waals surface area contributed by atoms with Crippen LogP contribution in [0.2, 0.25) is 0 Å². The molecule has 0 spiro atoms. The second-order valence-corrected chi connectivity index (χ2v) is 5.83. The second-order valence-electron chi connectivity index (χ2n) is 5.83. The maximum absolute atomic E-state index is 12.3. The standard InChI is InChI=1S/C14H25NO3/c1-4-17-13(16)14(15-11-5-6-11)7-8-18-12(9-14)10(2)3/h10-12,15H,4-9H2,1-3H3. The zero-order valence-corrected chi connectivity index (χ0v) is 11.7. The average Bonchev–Trinajstić information content (AvgIpc) is 3.13. The maximum Gasteiger partial charge on any atom is 0.326 e. The van der Waals surface area contributed by atoms with E-state index < -0.39 is 5.54 Å². The first-order valence-corrected chi connectivity index (χ1v) is 7.14. The molecular weight excluding hydrogens is 230 g/mol. The zero-order valence-electron chi connectivity index (χ0n) is 11.7. The highest BCUT2D eigenvalue weighted by molar-refractivity contribution is 5.81. The molecule has 1 aliphatic carbocycles. The lowest BCUT2D eigenvalue weighted by Crippen LogP contribution is -2.59. The number of carbonyl (C=O) groups is 1. The summed E-state index contributed by atoms with van der Waals surface area (Å²) in [6.45, 7) is 7.23. The van der Waals surface area contributed by atoms with Crippen molar-refractivity contribution in [2.45, 2.75) is 64.1 Å². The van der Waals surface area contributed by atoms with Crippen molar-refractivity contribution in [2.24, 2.45) is 5.92 Å². The summed E-state index contributed by atoms with van der Waals surface area (Å²) < 4.78 is 11.1. The smallest absolute Gasteiger partial charge is 0.326 e. The van der Waals surface area contributed by atoms with Gasteiger partial charge in [0.1, 0.15) is 5.54 Å². The fraction of sp³-hybridized carbons (Fsp3) is 0.929. The molecule has 104 valence electrons. The molecule has 1 N–H and O–H groups in total. The Kier molecular flexibility index (Phi) is 4.28. The van der Waals surface area contributed by atoms with E-state index in [-0.39, 0.29) is 12.1 Å². The third-order valence-corrected chi connectivity index (χ3v) is 3.88. The number of ether oxygens (including phenoxy) is 2. The normalized spacial score (nSPS) is 32.6. The fourth-order valence-corrected chi connectivity index (χ4v) is 2.58. The summed E-state index contributed by atoms with van der Waals surface area (Å²) in [4.78, 5) is 12.3. The molecule has 1 heterocycles. The lowest BCUT2D eigenvalue weighted by molar-refractivity contribution is -0.160. The molecule has 0 amide bonds. The molecule has 0 aromatic rings. The first kappa shape index (κ1) is 13.8. The van der Waals surface area contributed by atoms with Gasteiger partial charge in [-0.05, 0) is 32.1 Å². The summed E-state index contributed by atoms with van der Waals surface area (Å²) in [5.74, 6) is 0.339. The molecule has 1 saturated heterocycles. The Labute approximate surface area is 109 Å². The zero-order chi connectivity index (χ0) is 13.2. The van der Waals surface area contributed by atoms with E-state index >= 15 is 0 Å². The molecule has 2 aliphatic rings. The van der Waals surface area contributed by atoms with Gasteiger partial charge in [-0.15, -0.1) is 0 Å². The van der Waals surface area contributed by atoms with Crippen molar-refractivity contribution < 1.29 is 14.3 Å². The predicted molar refractivity (Wildman–Crippen MR) is 69.3 cm³/mol. The molecule has 1 saturated carbocycles. The van der Waals surface area contributed by atoms with Gasteiger partial charge in [-0.3, -0.25) is 10.1 Å². The number of esters is 1. The first-order chi connectivity index (χ1) is 8.57. The molecular formula is C14H25NO3. The Bertz CT molecular complexity index is 301. The molecule has 2 fully saturated rings. The van der Waals surface area contributed by atoms with E-state index in [0.29, 0.717) is 25.2 Å². The van der Waals surface area contributed by atoms with E-state index in [2.05, 4.69) is 19.2 Å². The number of rotatable bonds is 5. The van der Waals surface area contributed by atoms with Crippen LogP contribution in [0.1, 0.15) is 46.5 Å². The van der Waals surface area contributed by atoms with Crippen LogP contribution in [0.3, 0.4) is 0 Å². The van der Waals surface area contributed by atoms with Gasteiger partial charge in [0.05, 0.1) is 12.7 Å². The van der Waals surface area contributed by atoms with Crippen LogP contribution in [-0.2, 0) is 14.3 Å². The van der Waals surface area contributed by atoms with Gasteiger partial charge in [-0.2, -0.15) is 0 Å². The van der Waals surface area contributed by atoms with Crippen molar-refractivity contribution in [1.29, 1.82) is 0 Å². The Morgan fingerprint density at radius 3 is 2.78 bits per heavy atom. The molecule has 0 bridgehead atoms. The van der Waals surface area contributed by atoms with Crippen molar-refractivity contribution in [3.8, 4) is 0 Å². The third kappa shape index (κ3) is 3.04. The molecule has 4 heteroatoms. The van der Waals surface area contributed by atoms with Crippen molar-refractivity contribution >= 4 is 5.97 Å². The minimum Gasteiger partial charge on any atom is -0.465 e. The lowest BCUT2D eigenvalue weighted by atomic mass is 9.83. The van der Waals surface area contributed by atoms with E-state index in [1.54, 1.807) is 0 Å². The van der Waals surface area contributed by atoms with Crippen molar-refractivity contribution in [1.82, 2.24) is 5.32 Å². The van der Waals surface area contributed by atoms with Gasteiger partial charge in [0.15, 0.2) is 0 Å². The number of hydrogen-bond acceptors (Lipinski definition) is 4. The van der Waals surface area contributed by atoms with Crippen molar-refractivity contribution in [3.63, 3.8) is 0 Å². The molecule has 0 aromatic carbocycles. The maximum atomic E-state index is 12.3.